The van der Waals surface area contributed by atoms with Crippen LogP contribution in [0.2, 0.25) is 0 Å². The maximum atomic E-state index is 2.76. The first-order valence-electron chi connectivity index (χ1n) is 17.9. The van der Waals surface area contributed by atoms with Crippen LogP contribution in [-0.4, -0.2) is 9.13 Å². The van der Waals surface area contributed by atoms with Crippen LogP contribution in [0.25, 0.3) is 50.8 Å². The molecule has 232 valence electrons. The van der Waals surface area contributed by atoms with Gasteiger partial charge in [0.15, 0.2) is 0 Å². The summed E-state index contributed by atoms with van der Waals surface area (Å²) in [6.45, 7) is 4.86. The van der Waals surface area contributed by atoms with Crippen LogP contribution in [0.5, 0.6) is 0 Å². The molecule has 0 spiro atoms. The van der Waals surface area contributed by atoms with E-state index < -0.39 is 0 Å². The quantitative estimate of drug-likeness (QED) is 0.180. The molecule has 5 aliphatic rings. The van der Waals surface area contributed by atoms with Gasteiger partial charge >= 0.3 is 0 Å². The van der Waals surface area contributed by atoms with E-state index in [1.54, 1.807) is 11.1 Å². The fourth-order valence-corrected chi connectivity index (χ4v) is 9.98. The number of rotatable bonds is 3. The van der Waals surface area contributed by atoms with Gasteiger partial charge in [0.1, 0.15) is 0 Å². The SMILES string of the molecule is CC1(C)C2=CCC(n3c4c(c5cc(-c6ccc7c(c6)c6c(n7C7=CC=CCC7)CCC=C6)ccc53)C=CCC4)CC2c2ccccc21. The molecule has 2 atom stereocenters. The summed E-state index contributed by atoms with van der Waals surface area (Å²) in [7, 11) is 0. The summed E-state index contributed by atoms with van der Waals surface area (Å²) in [5.41, 5.74) is 17.5. The van der Waals surface area contributed by atoms with Crippen LogP contribution in [0.15, 0.2) is 103 Å². The third-order valence-corrected chi connectivity index (χ3v) is 12.1. The molecule has 0 saturated carbocycles. The standard InChI is InChI=1S/C45H42N2/c1-45(2)39-17-9-6-14-33(39)36-28-32(22-23-40(36)45)47-42-19-11-8-16-35(42)38-27-30(21-25-44(38)47)29-20-24-43-37(26-29)34-15-7-10-18-41(34)46(43)31-12-4-3-5-13-31/h3-4,6-9,12,14-17,20-21,23-27,32,36H,5,10-11,13,18-19,22,28H2,1-2H3. The van der Waals surface area contributed by atoms with E-state index >= 15 is 0 Å². The van der Waals surface area contributed by atoms with Gasteiger partial charge in [-0.3, -0.25) is 0 Å². The van der Waals surface area contributed by atoms with Crippen molar-refractivity contribution >= 4 is 39.7 Å². The van der Waals surface area contributed by atoms with Crippen molar-refractivity contribution in [1.82, 2.24) is 9.13 Å². The van der Waals surface area contributed by atoms with Gasteiger partial charge in [-0.15, -0.1) is 0 Å². The number of benzene rings is 3. The summed E-state index contributed by atoms with van der Waals surface area (Å²) >= 11 is 0. The highest BCUT2D eigenvalue weighted by molar-refractivity contribution is 5.99. The van der Waals surface area contributed by atoms with Crippen LogP contribution >= 0.6 is 0 Å². The maximum absolute atomic E-state index is 2.76. The molecule has 0 fully saturated rings. The van der Waals surface area contributed by atoms with Crippen LogP contribution < -0.4 is 0 Å². The number of nitrogens with zero attached hydrogens (tertiary/aromatic N) is 2. The van der Waals surface area contributed by atoms with Gasteiger partial charge in [-0.1, -0.05) is 98.4 Å². The van der Waals surface area contributed by atoms with Gasteiger partial charge in [-0.25, -0.2) is 0 Å². The lowest BCUT2D eigenvalue weighted by atomic mass is 9.76. The molecule has 0 N–H and O–H groups in total. The molecule has 0 radical (unpaired) electrons. The molecule has 2 heterocycles. The summed E-state index contributed by atoms with van der Waals surface area (Å²) in [6.07, 6.45) is 28.0. The van der Waals surface area contributed by atoms with Gasteiger partial charge < -0.3 is 9.13 Å². The first kappa shape index (κ1) is 27.5. The molecule has 10 rings (SSSR count). The van der Waals surface area contributed by atoms with Crippen molar-refractivity contribution in [3.8, 4) is 11.1 Å². The minimum Gasteiger partial charge on any atom is -0.341 e. The average Bonchev–Trinajstić information content (AvgIpc) is 3.71. The van der Waals surface area contributed by atoms with Gasteiger partial charge in [0.05, 0.1) is 5.52 Å². The number of fused-ring (bicyclic) bond motifs is 9. The Labute approximate surface area is 278 Å². The third-order valence-electron chi connectivity index (χ3n) is 12.1. The predicted octanol–water partition coefficient (Wildman–Crippen LogP) is 11.7. The van der Waals surface area contributed by atoms with Gasteiger partial charge in [-0.2, -0.15) is 0 Å². The molecule has 2 aromatic heterocycles. The lowest BCUT2D eigenvalue weighted by Gasteiger charge is -2.33. The highest BCUT2D eigenvalue weighted by Crippen LogP contribution is 2.56. The fraction of sp³-hybridized carbons (Fsp3) is 0.289. The van der Waals surface area contributed by atoms with Crippen LogP contribution in [0.1, 0.15) is 98.0 Å². The lowest BCUT2D eigenvalue weighted by Crippen LogP contribution is -2.23. The second kappa shape index (κ2) is 10.2. The minimum atomic E-state index is 0.129. The summed E-state index contributed by atoms with van der Waals surface area (Å²) in [6, 6.07) is 24.2. The Bertz CT molecular complexity index is 2290. The van der Waals surface area contributed by atoms with E-state index in [-0.39, 0.29) is 5.41 Å². The Morgan fingerprint density at radius 1 is 0.723 bits per heavy atom. The van der Waals surface area contributed by atoms with Crippen LogP contribution in [0.3, 0.4) is 0 Å². The van der Waals surface area contributed by atoms with E-state index in [0.29, 0.717) is 12.0 Å². The number of allylic oxidation sites excluding steroid dienone is 8. The second-order valence-corrected chi connectivity index (χ2v) is 14.9. The largest absolute Gasteiger partial charge is 0.341 e. The lowest BCUT2D eigenvalue weighted by molar-refractivity contribution is 0.414. The summed E-state index contributed by atoms with van der Waals surface area (Å²) in [4.78, 5) is 0. The molecular weight excluding hydrogens is 569 g/mol. The fourth-order valence-electron chi connectivity index (χ4n) is 9.98. The second-order valence-electron chi connectivity index (χ2n) is 14.9. The van der Waals surface area contributed by atoms with Gasteiger partial charge in [0.2, 0.25) is 0 Å². The van der Waals surface area contributed by atoms with E-state index in [0.717, 1.165) is 44.9 Å². The number of hydrogen-bond acceptors (Lipinski definition) is 0. The normalized spacial score (nSPS) is 22.2. The smallest absolute Gasteiger partial charge is 0.0534 e. The molecule has 0 bridgehead atoms. The summed E-state index contributed by atoms with van der Waals surface area (Å²) in [5.74, 6) is 0.519. The van der Waals surface area contributed by atoms with Gasteiger partial charge in [0, 0.05) is 61.9 Å². The minimum absolute atomic E-state index is 0.129. The molecule has 3 aromatic carbocycles. The van der Waals surface area contributed by atoms with Gasteiger partial charge in [0.25, 0.3) is 0 Å². The number of aromatic nitrogens is 2. The molecule has 0 saturated heterocycles. The highest BCUT2D eigenvalue weighted by atomic mass is 15.0. The van der Waals surface area contributed by atoms with Crippen molar-refractivity contribution in [2.75, 3.05) is 0 Å². The predicted molar refractivity (Wildman–Crippen MR) is 199 cm³/mol. The topological polar surface area (TPSA) is 9.86 Å². The third kappa shape index (κ3) is 3.97. The first-order valence-corrected chi connectivity index (χ1v) is 17.9. The Morgan fingerprint density at radius 2 is 1.43 bits per heavy atom. The zero-order valence-corrected chi connectivity index (χ0v) is 27.6. The first-order chi connectivity index (χ1) is 23.1. The van der Waals surface area contributed by atoms with E-state index in [2.05, 4.69) is 132 Å². The molecule has 2 unspecified atom stereocenters. The zero-order chi connectivity index (χ0) is 31.3. The summed E-state index contributed by atoms with van der Waals surface area (Å²) in [5, 5.41) is 2.79. The molecule has 5 aliphatic carbocycles. The number of hydrogen-bond donors (Lipinski definition) is 0. The van der Waals surface area contributed by atoms with E-state index in [4.69, 9.17) is 0 Å². The van der Waals surface area contributed by atoms with E-state index in [1.807, 2.05) is 0 Å². The van der Waals surface area contributed by atoms with E-state index in [9.17, 15) is 0 Å². The van der Waals surface area contributed by atoms with E-state index in [1.165, 1.54) is 73.1 Å². The van der Waals surface area contributed by atoms with Crippen LogP contribution in [0, 0.1) is 0 Å². The zero-order valence-electron chi connectivity index (χ0n) is 27.6. The Balaban J connectivity index is 1.08. The monoisotopic (exact) mass is 610 g/mol. The Hall–Kier alpha value is -4.56. The van der Waals surface area contributed by atoms with Crippen molar-refractivity contribution in [2.24, 2.45) is 0 Å². The Kier molecular flexibility index (Phi) is 5.99. The van der Waals surface area contributed by atoms with Crippen molar-refractivity contribution in [3.05, 3.63) is 136 Å². The van der Waals surface area contributed by atoms with Crippen molar-refractivity contribution < 1.29 is 0 Å². The molecular formula is C45H42N2. The summed E-state index contributed by atoms with van der Waals surface area (Å²) < 4.78 is 5.33. The van der Waals surface area contributed by atoms with Crippen LogP contribution in [0.4, 0.5) is 0 Å². The highest BCUT2D eigenvalue weighted by Gasteiger charge is 2.44. The average molecular weight is 611 g/mol. The molecule has 0 amide bonds. The van der Waals surface area contributed by atoms with Crippen molar-refractivity contribution in [2.45, 2.75) is 82.6 Å². The molecule has 2 nitrogen and oxygen atoms in total. The van der Waals surface area contributed by atoms with Crippen molar-refractivity contribution in [3.63, 3.8) is 0 Å². The molecule has 0 aliphatic heterocycles. The molecule has 5 aromatic rings. The van der Waals surface area contributed by atoms with Gasteiger partial charge in [-0.05, 0) is 104 Å². The Morgan fingerprint density at radius 3 is 2.21 bits per heavy atom. The van der Waals surface area contributed by atoms with Crippen molar-refractivity contribution in [1.29, 1.82) is 0 Å². The molecule has 2 heteroatoms. The molecule has 47 heavy (non-hydrogen) atoms. The maximum Gasteiger partial charge on any atom is 0.0534 e. The van der Waals surface area contributed by atoms with Crippen LogP contribution in [-0.2, 0) is 18.3 Å².